The highest BCUT2D eigenvalue weighted by atomic mass is 16.1. The minimum absolute atomic E-state index is 0.171. The van der Waals surface area contributed by atoms with Gasteiger partial charge in [0.2, 0.25) is 0 Å². The highest BCUT2D eigenvalue weighted by molar-refractivity contribution is 5.96. The van der Waals surface area contributed by atoms with Crippen molar-refractivity contribution in [3.63, 3.8) is 0 Å². The molecular formula is C12H18N2O. The van der Waals surface area contributed by atoms with Crippen LogP contribution in [0.5, 0.6) is 0 Å². The van der Waals surface area contributed by atoms with E-state index >= 15 is 0 Å². The molecular weight excluding hydrogens is 188 g/mol. The van der Waals surface area contributed by atoms with E-state index in [0.29, 0.717) is 5.92 Å². The molecule has 1 aliphatic carbocycles. The fourth-order valence-corrected chi connectivity index (χ4v) is 2.66. The average Bonchev–Trinajstić information content (AvgIpc) is 1.99. The number of hydrogen-bond donors (Lipinski definition) is 1. The maximum atomic E-state index is 11.1. The normalized spacial score (nSPS) is 28.0. The molecule has 15 heavy (non-hydrogen) atoms. The monoisotopic (exact) mass is 206 g/mol. The summed E-state index contributed by atoms with van der Waals surface area (Å²) in [6, 6.07) is 1.93. The minimum atomic E-state index is -0.586. The van der Waals surface area contributed by atoms with E-state index in [1.165, 1.54) is 0 Å². The van der Waals surface area contributed by atoms with Crippen LogP contribution in [0.1, 0.15) is 40.0 Å². The third-order valence-corrected chi connectivity index (χ3v) is 2.90. The van der Waals surface area contributed by atoms with Crippen molar-refractivity contribution >= 4 is 5.91 Å². The third kappa shape index (κ3) is 2.82. The van der Waals surface area contributed by atoms with Gasteiger partial charge in [0.25, 0.3) is 5.91 Å². The average molecular weight is 206 g/mol. The van der Waals surface area contributed by atoms with E-state index in [-0.39, 0.29) is 11.0 Å². The molecule has 1 rings (SSSR count). The molecule has 3 nitrogen and oxygen atoms in total. The summed E-state index contributed by atoms with van der Waals surface area (Å²) in [5.74, 6) is -0.0659. The number of nitriles is 1. The minimum Gasteiger partial charge on any atom is -0.365 e. The van der Waals surface area contributed by atoms with Crippen LogP contribution in [0, 0.1) is 22.7 Å². The Labute approximate surface area is 91.0 Å². The van der Waals surface area contributed by atoms with Crippen LogP contribution in [-0.2, 0) is 4.79 Å². The van der Waals surface area contributed by atoms with Crippen molar-refractivity contribution in [3.05, 3.63) is 11.1 Å². The SMILES string of the molecule is CC1CC(=C(C#N)C(N)=O)CC(C)(C)C1. The first-order chi connectivity index (χ1) is 6.85. The molecule has 1 amide bonds. The molecule has 0 saturated heterocycles. The number of rotatable bonds is 1. The fraction of sp³-hybridized carbons (Fsp3) is 0.667. The highest BCUT2D eigenvalue weighted by Gasteiger charge is 2.30. The van der Waals surface area contributed by atoms with Gasteiger partial charge in [-0.3, -0.25) is 4.79 Å². The lowest BCUT2D eigenvalue weighted by Gasteiger charge is -2.35. The van der Waals surface area contributed by atoms with Crippen LogP contribution in [-0.4, -0.2) is 5.91 Å². The van der Waals surface area contributed by atoms with Gasteiger partial charge in [0.15, 0.2) is 0 Å². The summed E-state index contributed by atoms with van der Waals surface area (Å²) in [6.07, 6.45) is 2.77. The third-order valence-electron chi connectivity index (χ3n) is 2.90. The van der Waals surface area contributed by atoms with Crippen LogP contribution >= 0.6 is 0 Å². The molecule has 1 atom stereocenters. The van der Waals surface area contributed by atoms with Crippen molar-refractivity contribution in [2.45, 2.75) is 40.0 Å². The molecule has 1 aliphatic rings. The number of amides is 1. The molecule has 0 aliphatic heterocycles. The molecule has 2 N–H and O–H groups in total. The number of primary amides is 1. The first-order valence-electron chi connectivity index (χ1n) is 5.27. The standard InChI is InChI=1S/C12H18N2O/c1-8-4-9(6-12(2,3)5-8)10(7-13)11(14)15/h8H,4-6H2,1-3H3,(H2,14,15). The maximum Gasteiger partial charge on any atom is 0.259 e. The van der Waals surface area contributed by atoms with Gasteiger partial charge in [-0.2, -0.15) is 5.26 Å². The smallest absolute Gasteiger partial charge is 0.259 e. The van der Waals surface area contributed by atoms with Crippen LogP contribution < -0.4 is 5.73 Å². The van der Waals surface area contributed by atoms with Crippen LogP contribution in [0.25, 0.3) is 0 Å². The van der Waals surface area contributed by atoms with Crippen LogP contribution in [0.15, 0.2) is 11.1 Å². The zero-order valence-electron chi connectivity index (χ0n) is 9.63. The molecule has 0 bridgehead atoms. The molecule has 1 saturated carbocycles. The van der Waals surface area contributed by atoms with Crippen molar-refractivity contribution in [2.75, 3.05) is 0 Å². The van der Waals surface area contributed by atoms with Gasteiger partial charge in [0.1, 0.15) is 11.6 Å². The van der Waals surface area contributed by atoms with E-state index in [2.05, 4.69) is 20.8 Å². The number of hydrogen-bond acceptors (Lipinski definition) is 2. The van der Waals surface area contributed by atoms with Gasteiger partial charge >= 0.3 is 0 Å². The van der Waals surface area contributed by atoms with Crippen LogP contribution in [0.3, 0.4) is 0 Å². The van der Waals surface area contributed by atoms with Gasteiger partial charge in [0.05, 0.1) is 0 Å². The number of nitrogens with two attached hydrogens (primary N) is 1. The van der Waals surface area contributed by atoms with Crippen molar-refractivity contribution in [1.82, 2.24) is 0 Å². The summed E-state index contributed by atoms with van der Waals surface area (Å²) < 4.78 is 0. The summed E-state index contributed by atoms with van der Waals surface area (Å²) in [5.41, 5.74) is 6.48. The quantitative estimate of drug-likeness (QED) is 0.527. The predicted octanol–water partition coefficient (Wildman–Crippen LogP) is 2.14. The predicted molar refractivity (Wildman–Crippen MR) is 58.6 cm³/mol. The van der Waals surface area contributed by atoms with Crippen LogP contribution in [0.2, 0.25) is 0 Å². The second-order valence-electron chi connectivity index (χ2n) is 5.31. The summed E-state index contributed by atoms with van der Waals surface area (Å²) in [7, 11) is 0. The molecule has 82 valence electrons. The Bertz CT molecular complexity index is 347. The van der Waals surface area contributed by atoms with E-state index < -0.39 is 5.91 Å². The Morgan fingerprint density at radius 2 is 2.20 bits per heavy atom. The zero-order chi connectivity index (χ0) is 11.6. The molecule has 3 heteroatoms. The Balaban J connectivity index is 3.05. The molecule has 0 aromatic carbocycles. The van der Waals surface area contributed by atoms with Gasteiger partial charge < -0.3 is 5.73 Å². The van der Waals surface area contributed by atoms with Gasteiger partial charge in [-0.1, -0.05) is 20.8 Å². The summed E-state index contributed by atoms with van der Waals surface area (Å²) in [5, 5.41) is 8.90. The molecule has 0 radical (unpaired) electrons. The van der Waals surface area contributed by atoms with Crippen molar-refractivity contribution in [1.29, 1.82) is 5.26 Å². The second kappa shape index (κ2) is 4.06. The summed E-state index contributed by atoms with van der Waals surface area (Å²) in [4.78, 5) is 11.1. The highest BCUT2D eigenvalue weighted by Crippen LogP contribution is 2.42. The van der Waals surface area contributed by atoms with Crippen molar-refractivity contribution in [3.8, 4) is 6.07 Å². The second-order valence-corrected chi connectivity index (χ2v) is 5.31. The molecule has 0 heterocycles. The number of carbonyl (C=O) groups excluding carboxylic acids is 1. The summed E-state index contributed by atoms with van der Waals surface area (Å²) >= 11 is 0. The van der Waals surface area contributed by atoms with Gasteiger partial charge in [-0.05, 0) is 36.2 Å². The molecule has 0 aromatic rings. The molecule has 1 fully saturated rings. The Hall–Kier alpha value is -1.30. The molecule has 1 unspecified atom stereocenters. The fourth-order valence-electron chi connectivity index (χ4n) is 2.66. The lowest BCUT2D eigenvalue weighted by atomic mass is 9.69. The number of nitrogens with zero attached hydrogens (tertiary/aromatic N) is 1. The van der Waals surface area contributed by atoms with Gasteiger partial charge in [-0.25, -0.2) is 0 Å². The Morgan fingerprint density at radius 1 is 1.60 bits per heavy atom. The molecule has 0 spiro atoms. The molecule has 0 aromatic heterocycles. The van der Waals surface area contributed by atoms with E-state index in [9.17, 15) is 4.79 Å². The van der Waals surface area contributed by atoms with E-state index in [0.717, 1.165) is 24.8 Å². The lowest BCUT2D eigenvalue weighted by Crippen LogP contribution is -2.26. The lowest BCUT2D eigenvalue weighted by molar-refractivity contribution is -0.114. The first-order valence-corrected chi connectivity index (χ1v) is 5.27. The number of carbonyl (C=O) groups is 1. The van der Waals surface area contributed by atoms with E-state index in [1.807, 2.05) is 6.07 Å². The summed E-state index contributed by atoms with van der Waals surface area (Å²) in [6.45, 7) is 6.48. The van der Waals surface area contributed by atoms with Crippen LogP contribution in [0.4, 0.5) is 0 Å². The van der Waals surface area contributed by atoms with Gasteiger partial charge in [-0.15, -0.1) is 0 Å². The Kier molecular flexibility index (Phi) is 3.18. The Morgan fingerprint density at radius 3 is 2.60 bits per heavy atom. The largest absolute Gasteiger partial charge is 0.365 e. The van der Waals surface area contributed by atoms with E-state index in [4.69, 9.17) is 11.0 Å². The number of allylic oxidation sites excluding steroid dienone is 1. The first kappa shape index (κ1) is 11.8. The van der Waals surface area contributed by atoms with Crippen molar-refractivity contribution < 1.29 is 4.79 Å². The maximum absolute atomic E-state index is 11.1. The zero-order valence-corrected chi connectivity index (χ0v) is 9.63. The van der Waals surface area contributed by atoms with Crippen molar-refractivity contribution in [2.24, 2.45) is 17.1 Å². The topological polar surface area (TPSA) is 66.9 Å². The van der Waals surface area contributed by atoms with Gasteiger partial charge in [0, 0.05) is 0 Å². The van der Waals surface area contributed by atoms with E-state index in [1.54, 1.807) is 0 Å².